The topological polar surface area (TPSA) is 92.4 Å². The van der Waals surface area contributed by atoms with Gasteiger partial charge in [-0.25, -0.2) is 13.1 Å². The average Bonchev–Trinajstić information content (AvgIpc) is 2.38. The molecule has 6 heteroatoms. The van der Waals surface area contributed by atoms with Crippen LogP contribution in [0.15, 0.2) is 17.0 Å². The molecule has 1 rings (SSSR count). The summed E-state index contributed by atoms with van der Waals surface area (Å²) in [6.45, 7) is 5.94. The molecule has 0 spiro atoms. The second kappa shape index (κ2) is 7.06. The third-order valence-electron chi connectivity index (χ3n) is 3.31. The molecule has 0 aliphatic carbocycles. The van der Waals surface area contributed by atoms with Crippen molar-refractivity contribution >= 4 is 15.7 Å². The molecule has 0 amide bonds. The number of nitrogens with one attached hydrogen (secondary N) is 1. The van der Waals surface area contributed by atoms with Gasteiger partial charge in [0.25, 0.3) is 0 Å². The summed E-state index contributed by atoms with van der Waals surface area (Å²) < 4.78 is 27.1. The van der Waals surface area contributed by atoms with E-state index in [2.05, 4.69) is 4.72 Å². The highest BCUT2D eigenvalue weighted by molar-refractivity contribution is 7.89. The Kier molecular flexibility index (Phi) is 5.98. The fourth-order valence-corrected chi connectivity index (χ4v) is 3.39. The molecular weight excluding hydrogens is 276 g/mol. The Morgan fingerprint density at radius 2 is 2.00 bits per heavy atom. The Morgan fingerprint density at radius 3 is 2.60 bits per heavy atom. The highest BCUT2D eigenvalue weighted by atomic mass is 32.2. The molecule has 0 fully saturated rings. The molecule has 0 heterocycles. The molecule has 1 aromatic carbocycles. The molecule has 1 unspecified atom stereocenters. The van der Waals surface area contributed by atoms with E-state index in [1.54, 1.807) is 19.1 Å². The lowest BCUT2D eigenvalue weighted by Gasteiger charge is -2.13. The summed E-state index contributed by atoms with van der Waals surface area (Å²) in [6.07, 6.45) is 1.48. The zero-order chi connectivity index (χ0) is 15.3. The Morgan fingerprint density at radius 1 is 1.35 bits per heavy atom. The lowest BCUT2D eigenvalue weighted by atomic mass is 10.1. The van der Waals surface area contributed by atoms with E-state index in [-0.39, 0.29) is 17.4 Å². The van der Waals surface area contributed by atoms with E-state index in [4.69, 9.17) is 10.8 Å². The van der Waals surface area contributed by atoms with Gasteiger partial charge in [-0.1, -0.05) is 6.92 Å². The Labute approximate surface area is 121 Å². The van der Waals surface area contributed by atoms with Crippen LogP contribution in [0.25, 0.3) is 0 Å². The number of benzene rings is 1. The van der Waals surface area contributed by atoms with Crippen molar-refractivity contribution in [3.63, 3.8) is 0 Å². The summed E-state index contributed by atoms with van der Waals surface area (Å²) in [6, 6.07) is 3.39. The fourth-order valence-electron chi connectivity index (χ4n) is 1.96. The van der Waals surface area contributed by atoms with Crippen molar-refractivity contribution in [2.75, 3.05) is 18.9 Å². The zero-order valence-corrected chi connectivity index (χ0v) is 13.1. The third kappa shape index (κ3) is 4.47. The van der Waals surface area contributed by atoms with Crippen molar-refractivity contribution in [1.29, 1.82) is 0 Å². The van der Waals surface area contributed by atoms with Crippen molar-refractivity contribution in [1.82, 2.24) is 4.72 Å². The molecule has 0 aliphatic rings. The van der Waals surface area contributed by atoms with Crippen LogP contribution in [-0.2, 0) is 10.0 Å². The Balaban J connectivity index is 2.75. The molecule has 0 radical (unpaired) electrons. The smallest absolute Gasteiger partial charge is 0.240 e. The summed E-state index contributed by atoms with van der Waals surface area (Å²) >= 11 is 0. The monoisotopic (exact) mass is 300 g/mol. The van der Waals surface area contributed by atoms with Gasteiger partial charge >= 0.3 is 0 Å². The van der Waals surface area contributed by atoms with Gasteiger partial charge < -0.3 is 10.8 Å². The summed E-state index contributed by atoms with van der Waals surface area (Å²) in [5.74, 6) is 0.191. The minimum Gasteiger partial charge on any atom is -0.398 e. The van der Waals surface area contributed by atoms with Crippen LogP contribution < -0.4 is 10.5 Å². The predicted molar refractivity (Wildman–Crippen MR) is 81.0 cm³/mol. The van der Waals surface area contributed by atoms with Gasteiger partial charge in [0.05, 0.1) is 4.90 Å². The molecule has 5 nitrogen and oxygen atoms in total. The molecule has 114 valence electrons. The van der Waals surface area contributed by atoms with Crippen molar-refractivity contribution in [3.8, 4) is 0 Å². The van der Waals surface area contributed by atoms with Crippen LogP contribution in [0, 0.1) is 19.8 Å². The Bertz CT molecular complexity index is 556. The standard InChI is InChI=1S/C14H24N2O3S/c1-10(9-17)5-4-6-16-20(18,19)14-8-11(2)7-13(15)12(14)3/h7-8,10,16-17H,4-6,9,15H2,1-3H3. The van der Waals surface area contributed by atoms with Crippen molar-refractivity contribution < 1.29 is 13.5 Å². The molecule has 1 atom stereocenters. The van der Waals surface area contributed by atoms with E-state index in [1.165, 1.54) is 0 Å². The number of aliphatic hydroxyl groups is 1. The van der Waals surface area contributed by atoms with Crippen LogP contribution in [0.4, 0.5) is 5.69 Å². The molecular formula is C14H24N2O3S. The zero-order valence-electron chi connectivity index (χ0n) is 12.3. The van der Waals surface area contributed by atoms with Gasteiger partial charge in [0.15, 0.2) is 0 Å². The van der Waals surface area contributed by atoms with E-state index < -0.39 is 10.0 Å². The van der Waals surface area contributed by atoms with Crippen molar-refractivity contribution in [3.05, 3.63) is 23.3 Å². The minimum absolute atomic E-state index is 0.125. The molecule has 0 bridgehead atoms. The quantitative estimate of drug-likeness (QED) is 0.526. The number of aryl methyl sites for hydroxylation is 1. The number of rotatable bonds is 7. The summed E-state index contributed by atoms with van der Waals surface area (Å²) in [5, 5.41) is 8.92. The summed E-state index contributed by atoms with van der Waals surface area (Å²) in [7, 11) is -3.53. The molecule has 1 aromatic rings. The van der Waals surface area contributed by atoms with Crippen LogP contribution in [-0.4, -0.2) is 26.7 Å². The maximum Gasteiger partial charge on any atom is 0.240 e. The maximum absolute atomic E-state index is 12.3. The van der Waals surface area contributed by atoms with Gasteiger partial charge in [-0.15, -0.1) is 0 Å². The lowest BCUT2D eigenvalue weighted by molar-refractivity contribution is 0.228. The van der Waals surface area contributed by atoms with Crippen molar-refractivity contribution in [2.24, 2.45) is 5.92 Å². The van der Waals surface area contributed by atoms with Gasteiger partial charge in [-0.05, 0) is 55.9 Å². The molecule has 20 heavy (non-hydrogen) atoms. The van der Waals surface area contributed by atoms with Crippen LogP contribution in [0.1, 0.15) is 30.9 Å². The number of hydrogen-bond donors (Lipinski definition) is 3. The highest BCUT2D eigenvalue weighted by Crippen LogP contribution is 2.22. The maximum atomic E-state index is 12.3. The van der Waals surface area contributed by atoms with E-state index >= 15 is 0 Å². The molecule has 0 saturated carbocycles. The van der Waals surface area contributed by atoms with Crippen LogP contribution >= 0.6 is 0 Å². The molecule has 0 aliphatic heterocycles. The Hall–Kier alpha value is -1.11. The lowest BCUT2D eigenvalue weighted by Crippen LogP contribution is -2.26. The predicted octanol–water partition coefficient (Wildman–Crippen LogP) is 1.57. The third-order valence-corrected chi connectivity index (χ3v) is 4.90. The van der Waals surface area contributed by atoms with Crippen LogP contribution in [0.5, 0.6) is 0 Å². The molecule has 0 aromatic heterocycles. The highest BCUT2D eigenvalue weighted by Gasteiger charge is 2.18. The van der Waals surface area contributed by atoms with Gasteiger partial charge in [0.2, 0.25) is 10.0 Å². The number of anilines is 1. The molecule has 0 saturated heterocycles. The average molecular weight is 300 g/mol. The first-order valence-corrected chi connectivity index (χ1v) is 8.23. The number of sulfonamides is 1. The number of nitrogen functional groups attached to an aromatic ring is 1. The first-order chi connectivity index (χ1) is 9.27. The van der Waals surface area contributed by atoms with Crippen molar-refractivity contribution in [2.45, 2.75) is 38.5 Å². The second-order valence-corrected chi connectivity index (χ2v) is 7.04. The van der Waals surface area contributed by atoms with E-state index in [9.17, 15) is 8.42 Å². The number of aliphatic hydroxyl groups excluding tert-OH is 1. The van der Waals surface area contributed by atoms with Crippen LogP contribution in [0.3, 0.4) is 0 Å². The van der Waals surface area contributed by atoms with Crippen LogP contribution in [0.2, 0.25) is 0 Å². The van der Waals surface area contributed by atoms with Gasteiger partial charge in [0, 0.05) is 18.8 Å². The van der Waals surface area contributed by atoms with Gasteiger partial charge in [0.1, 0.15) is 0 Å². The van der Waals surface area contributed by atoms with Gasteiger partial charge in [-0.3, -0.25) is 0 Å². The minimum atomic E-state index is -3.53. The van der Waals surface area contributed by atoms with E-state index in [1.807, 2.05) is 13.8 Å². The first-order valence-electron chi connectivity index (χ1n) is 6.75. The number of hydrogen-bond acceptors (Lipinski definition) is 4. The largest absolute Gasteiger partial charge is 0.398 e. The summed E-state index contributed by atoms with van der Waals surface area (Å²) in [4.78, 5) is 0.241. The van der Waals surface area contributed by atoms with Gasteiger partial charge in [-0.2, -0.15) is 0 Å². The SMILES string of the molecule is Cc1cc(N)c(C)c(S(=O)(=O)NCCCC(C)CO)c1. The van der Waals surface area contributed by atoms with E-state index in [0.29, 0.717) is 24.2 Å². The summed E-state index contributed by atoms with van der Waals surface area (Å²) in [5.41, 5.74) is 7.69. The molecule has 4 N–H and O–H groups in total. The normalized spacial score (nSPS) is 13.4. The fraction of sp³-hybridized carbons (Fsp3) is 0.571. The first kappa shape index (κ1) is 16.9. The second-order valence-electron chi connectivity index (χ2n) is 5.31. The van der Waals surface area contributed by atoms with E-state index in [0.717, 1.165) is 12.0 Å². The number of nitrogens with two attached hydrogens (primary N) is 1.